The molecule has 18 heavy (non-hydrogen) atoms. The smallest absolute Gasteiger partial charge is 0.316 e. The number of aromatic nitrogens is 3. The van der Waals surface area contributed by atoms with E-state index in [2.05, 4.69) is 20.5 Å². The fraction of sp³-hybridized carbons (Fsp3) is 0.636. The van der Waals surface area contributed by atoms with Gasteiger partial charge in [-0.2, -0.15) is 5.10 Å². The zero-order valence-electron chi connectivity index (χ0n) is 10.9. The lowest BCUT2D eigenvalue weighted by molar-refractivity contribution is -0.151. The van der Waals surface area contributed by atoms with Crippen molar-refractivity contribution in [1.82, 2.24) is 20.5 Å². The Hall–Kier alpha value is -1.92. The molecule has 2 atom stereocenters. The van der Waals surface area contributed by atoms with Crippen LogP contribution in [0, 0.1) is 11.3 Å². The Bertz CT molecular complexity index is 422. The maximum Gasteiger partial charge on any atom is 0.316 e. The van der Waals surface area contributed by atoms with Crippen molar-refractivity contribution in [3.63, 3.8) is 0 Å². The van der Waals surface area contributed by atoms with Gasteiger partial charge in [0.25, 0.3) is 0 Å². The maximum absolute atomic E-state index is 12.0. The molecule has 0 spiro atoms. The van der Waals surface area contributed by atoms with E-state index in [9.17, 15) is 9.59 Å². The monoisotopic (exact) mass is 254 g/mol. The van der Waals surface area contributed by atoms with Gasteiger partial charge in [0.15, 0.2) is 0 Å². The molecule has 0 saturated carbocycles. The summed E-state index contributed by atoms with van der Waals surface area (Å²) in [6.07, 6.45) is 1.33. The van der Waals surface area contributed by atoms with Crippen LogP contribution in [0.3, 0.4) is 0 Å². The van der Waals surface area contributed by atoms with Crippen molar-refractivity contribution in [3.8, 4) is 0 Å². The minimum Gasteiger partial charge on any atom is -0.481 e. The third kappa shape index (κ3) is 3.28. The highest BCUT2D eigenvalue weighted by Crippen LogP contribution is 2.26. The number of aliphatic carboxylic acids is 1. The SMILES string of the molecule is CC(NC(=O)C(C(=O)O)C(C)(C)C)c1ncn[nH]1. The van der Waals surface area contributed by atoms with Crippen LogP contribution in [0.5, 0.6) is 0 Å². The number of amides is 1. The van der Waals surface area contributed by atoms with E-state index in [0.717, 1.165) is 0 Å². The Morgan fingerprint density at radius 3 is 2.44 bits per heavy atom. The highest BCUT2D eigenvalue weighted by molar-refractivity contribution is 5.97. The first-order valence-electron chi connectivity index (χ1n) is 5.62. The third-order valence-electron chi connectivity index (χ3n) is 2.58. The Morgan fingerprint density at radius 2 is 2.06 bits per heavy atom. The van der Waals surface area contributed by atoms with Crippen LogP contribution in [0.4, 0.5) is 0 Å². The van der Waals surface area contributed by atoms with Crippen molar-refractivity contribution in [2.45, 2.75) is 33.7 Å². The standard InChI is InChI=1S/C11H18N4O3/c1-6(8-12-5-13-15-8)14-9(16)7(10(17)18)11(2,3)4/h5-7H,1-4H3,(H,14,16)(H,17,18)(H,12,13,15). The maximum atomic E-state index is 12.0. The fourth-order valence-electron chi connectivity index (χ4n) is 1.66. The summed E-state index contributed by atoms with van der Waals surface area (Å²) in [5, 5.41) is 18.0. The minimum atomic E-state index is -1.13. The van der Waals surface area contributed by atoms with Crippen LogP contribution < -0.4 is 5.32 Å². The molecule has 0 fully saturated rings. The number of nitrogens with one attached hydrogen (secondary N) is 2. The number of nitrogens with zero attached hydrogens (tertiary/aromatic N) is 2. The van der Waals surface area contributed by atoms with E-state index < -0.39 is 29.3 Å². The number of carboxylic acid groups (broad SMARTS) is 1. The highest BCUT2D eigenvalue weighted by Gasteiger charge is 2.38. The summed E-state index contributed by atoms with van der Waals surface area (Å²) >= 11 is 0. The van der Waals surface area contributed by atoms with E-state index in [-0.39, 0.29) is 0 Å². The van der Waals surface area contributed by atoms with Gasteiger partial charge in [-0.3, -0.25) is 14.7 Å². The second-order valence-electron chi connectivity index (χ2n) is 5.24. The van der Waals surface area contributed by atoms with Gasteiger partial charge in [0.2, 0.25) is 5.91 Å². The van der Waals surface area contributed by atoms with E-state index in [0.29, 0.717) is 5.82 Å². The first-order valence-corrected chi connectivity index (χ1v) is 5.62. The third-order valence-corrected chi connectivity index (χ3v) is 2.58. The van der Waals surface area contributed by atoms with E-state index in [1.54, 1.807) is 27.7 Å². The molecule has 0 radical (unpaired) electrons. The average Bonchev–Trinajstić information content (AvgIpc) is 2.65. The second kappa shape index (κ2) is 5.16. The zero-order valence-corrected chi connectivity index (χ0v) is 10.9. The van der Waals surface area contributed by atoms with Gasteiger partial charge >= 0.3 is 5.97 Å². The Balaban J connectivity index is 2.77. The first kappa shape index (κ1) is 14.1. The minimum absolute atomic E-state index is 0.413. The van der Waals surface area contributed by atoms with Gasteiger partial charge in [0, 0.05) is 0 Å². The van der Waals surface area contributed by atoms with Gasteiger partial charge in [0.05, 0.1) is 6.04 Å². The second-order valence-corrected chi connectivity index (χ2v) is 5.24. The Morgan fingerprint density at radius 1 is 1.44 bits per heavy atom. The van der Waals surface area contributed by atoms with Gasteiger partial charge in [0.1, 0.15) is 18.1 Å². The van der Waals surface area contributed by atoms with Crippen LogP contribution in [0.25, 0.3) is 0 Å². The molecule has 0 aromatic carbocycles. The molecule has 1 aromatic heterocycles. The summed E-state index contributed by atoms with van der Waals surface area (Å²) in [5.41, 5.74) is -0.656. The molecule has 7 heteroatoms. The van der Waals surface area contributed by atoms with Gasteiger partial charge in [-0.15, -0.1) is 0 Å². The van der Waals surface area contributed by atoms with E-state index >= 15 is 0 Å². The zero-order chi connectivity index (χ0) is 13.9. The molecule has 0 saturated heterocycles. The van der Waals surface area contributed by atoms with E-state index in [4.69, 9.17) is 5.11 Å². The predicted molar refractivity (Wildman–Crippen MR) is 63.5 cm³/mol. The number of carbonyl (C=O) groups excluding carboxylic acids is 1. The van der Waals surface area contributed by atoms with Gasteiger partial charge < -0.3 is 10.4 Å². The summed E-state index contributed by atoms with van der Waals surface area (Å²) in [4.78, 5) is 27.0. The number of rotatable bonds is 4. The number of hydrogen-bond donors (Lipinski definition) is 3. The molecule has 0 aliphatic rings. The molecule has 0 aliphatic carbocycles. The van der Waals surface area contributed by atoms with E-state index in [1.165, 1.54) is 6.33 Å². The van der Waals surface area contributed by atoms with Crippen molar-refractivity contribution < 1.29 is 14.7 Å². The number of carboxylic acids is 1. The van der Waals surface area contributed by atoms with Crippen molar-refractivity contribution in [2.24, 2.45) is 11.3 Å². The summed E-state index contributed by atoms with van der Waals surface area (Å²) in [6, 6.07) is -0.413. The van der Waals surface area contributed by atoms with Crippen LogP contribution in [0.15, 0.2) is 6.33 Å². The van der Waals surface area contributed by atoms with Crippen LogP contribution >= 0.6 is 0 Å². The first-order chi connectivity index (χ1) is 8.23. The van der Waals surface area contributed by atoms with Crippen LogP contribution in [-0.4, -0.2) is 32.2 Å². The molecule has 3 N–H and O–H groups in total. The normalized spacial score (nSPS) is 14.9. The number of carbonyl (C=O) groups is 2. The van der Waals surface area contributed by atoms with Gasteiger partial charge in [-0.1, -0.05) is 20.8 Å². The van der Waals surface area contributed by atoms with Crippen molar-refractivity contribution in [1.29, 1.82) is 0 Å². The van der Waals surface area contributed by atoms with Crippen molar-refractivity contribution in [3.05, 3.63) is 12.2 Å². The lowest BCUT2D eigenvalue weighted by Gasteiger charge is -2.26. The highest BCUT2D eigenvalue weighted by atomic mass is 16.4. The van der Waals surface area contributed by atoms with Crippen molar-refractivity contribution >= 4 is 11.9 Å². The lowest BCUT2D eigenvalue weighted by Crippen LogP contribution is -2.43. The topological polar surface area (TPSA) is 108 Å². The Kier molecular flexibility index (Phi) is 4.05. The largest absolute Gasteiger partial charge is 0.481 e. The molecule has 2 unspecified atom stereocenters. The quantitative estimate of drug-likeness (QED) is 0.686. The summed E-state index contributed by atoms with van der Waals surface area (Å²) in [7, 11) is 0. The van der Waals surface area contributed by atoms with E-state index in [1.807, 2.05) is 0 Å². The number of hydrogen-bond acceptors (Lipinski definition) is 4. The number of H-pyrrole nitrogens is 1. The molecule has 1 heterocycles. The summed E-state index contributed by atoms with van der Waals surface area (Å²) in [6.45, 7) is 6.85. The predicted octanol–water partition coefficient (Wildman–Crippen LogP) is 0.729. The Labute approximate surface area is 105 Å². The molecule has 0 bridgehead atoms. The van der Waals surface area contributed by atoms with Gasteiger partial charge in [-0.25, -0.2) is 4.98 Å². The molecule has 1 rings (SSSR count). The number of aromatic amines is 1. The summed E-state index contributed by atoms with van der Waals surface area (Å²) in [5.74, 6) is -2.28. The molecule has 1 aromatic rings. The van der Waals surface area contributed by atoms with Gasteiger partial charge in [-0.05, 0) is 12.3 Å². The molecule has 100 valence electrons. The summed E-state index contributed by atoms with van der Waals surface area (Å²) < 4.78 is 0. The molecular weight excluding hydrogens is 236 g/mol. The average molecular weight is 254 g/mol. The fourth-order valence-corrected chi connectivity index (χ4v) is 1.66. The van der Waals surface area contributed by atoms with Crippen LogP contribution in [-0.2, 0) is 9.59 Å². The van der Waals surface area contributed by atoms with Crippen LogP contribution in [0.1, 0.15) is 39.6 Å². The molecular formula is C11H18N4O3. The van der Waals surface area contributed by atoms with Crippen molar-refractivity contribution in [2.75, 3.05) is 0 Å². The van der Waals surface area contributed by atoms with Crippen LogP contribution in [0.2, 0.25) is 0 Å². The lowest BCUT2D eigenvalue weighted by atomic mass is 9.80. The molecule has 7 nitrogen and oxygen atoms in total. The molecule has 1 amide bonds. The molecule has 0 aliphatic heterocycles.